The summed E-state index contributed by atoms with van der Waals surface area (Å²) in [6.07, 6.45) is 3.16. The second-order valence-electron chi connectivity index (χ2n) is 4.86. The molecule has 1 saturated heterocycles. The molecule has 0 bridgehead atoms. The molecule has 4 nitrogen and oxygen atoms in total. The van der Waals surface area contributed by atoms with Crippen LogP contribution in [0.4, 0.5) is 0 Å². The zero-order valence-electron chi connectivity index (χ0n) is 10.9. The second-order valence-corrected chi connectivity index (χ2v) is 5.29. The Labute approximate surface area is 121 Å². The largest absolute Gasteiger partial charge is 0.453 e. The molecule has 1 aliphatic rings. The van der Waals surface area contributed by atoms with Gasteiger partial charge in [-0.25, -0.2) is 4.79 Å². The van der Waals surface area contributed by atoms with E-state index in [0.29, 0.717) is 10.6 Å². The predicted molar refractivity (Wildman–Crippen MR) is 76.2 cm³/mol. The Bertz CT molecular complexity index is 679. The summed E-state index contributed by atoms with van der Waals surface area (Å²) in [5, 5.41) is 7.35. The van der Waals surface area contributed by atoms with E-state index in [0.717, 1.165) is 16.7 Å². The highest BCUT2D eigenvalue weighted by atomic mass is 35.5. The molecule has 0 radical (unpaired) electrons. The number of benzene rings is 1. The number of halogens is 1. The van der Waals surface area contributed by atoms with Gasteiger partial charge in [-0.05, 0) is 17.7 Å². The lowest BCUT2D eigenvalue weighted by Crippen LogP contribution is -2.06. The van der Waals surface area contributed by atoms with Crippen molar-refractivity contribution in [2.24, 2.45) is 5.92 Å². The van der Waals surface area contributed by atoms with Crippen LogP contribution in [0.1, 0.15) is 18.6 Å². The van der Waals surface area contributed by atoms with Crippen LogP contribution in [-0.2, 0) is 9.53 Å². The number of esters is 1. The molecule has 0 unspecified atom stereocenters. The predicted octanol–water partition coefficient (Wildman–Crippen LogP) is 3.52. The first-order chi connectivity index (χ1) is 9.58. The monoisotopic (exact) mass is 288 g/mol. The fraction of sp³-hybridized carbons (Fsp3) is 0.200. The van der Waals surface area contributed by atoms with E-state index in [-0.39, 0.29) is 18.0 Å². The van der Waals surface area contributed by atoms with E-state index in [9.17, 15) is 4.79 Å². The third-order valence-electron chi connectivity index (χ3n) is 3.63. The van der Waals surface area contributed by atoms with Crippen LogP contribution in [-0.4, -0.2) is 16.2 Å². The van der Waals surface area contributed by atoms with Gasteiger partial charge in [0.1, 0.15) is 6.10 Å². The summed E-state index contributed by atoms with van der Waals surface area (Å²) in [7, 11) is 0. The van der Waals surface area contributed by atoms with Crippen LogP contribution >= 0.6 is 11.6 Å². The van der Waals surface area contributed by atoms with Crippen LogP contribution < -0.4 is 0 Å². The Morgan fingerprint density at radius 3 is 2.85 bits per heavy atom. The van der Waals surface area contributed by atoms with Crippen LogP contribution in [0.15, 0.2) is 42.7 Å². The van der Waals surface area contributed by atoms with Gasteiger partial charge in [0.25, 0.3) is 0 Å². The van der Waals surface area contributed by atoms with Crippen LogP contribution in [0.25, 0.3) is 11.1 Å². The molecule has 5 heteroatoms. The summed E-state index contributed by atoms with van der Waals surface area (Å²) < 4.78 is 5.44. The van der Waals surface area contributed by atoms with E-state index in [2.05, 4.69) is 16.8 Å². The van der Waals surface area contributed by atoms with Gasteiger partial charge in [-0.15, -0.1) is 0 Å². The first-order valence-corrected chi connectivity index (χ1v) is 6.64. The molecule has 0 aliphatic carbocycles. The molecule has 1 aromatic heterocycles. The minimum atomic E-state index is -0.337. The first kappa shape index (κ1) is 12.9. The number of aromatic nitrogens is 2. The smallest absolute Gasteiger partial charge is 0.334 e. The zero-order chi connectivity index (χ0) is 14.3. The van der Waals surface area contributed by atoms with Crippen molar-refractivity contribution < 1.29 is 9.53 Å². The summed E-state index contributed by atoms with van der Waals surface area (Å²) in [5.41, 5.74) is 3.23. The van der Waals surface area contributed by atoms with Gasteiger partial charge in [0.2, 0.25) is 0 Å². The summed E-state index contributed by atoms with van der Waals surface area (Å²) in [5.74, 6) is -0.398. The summed E-state index contributed by atoms with van der Waals surface area (Å²) >= 11 is 6.08. The molecule has 0 amide bonds. The minimum Gasteiger partial charge on any atom is -0.453 e. The van der Waals surface area contributed by atoms with Crippen molar-refractivity contribution in [2.45, 2.75) is 13.0 Å². The van der Waals surface area contributed by atoms with Crippen LogP contribution in [0.3, 0.4) is 0 Å². The van der Waals surface area contributed by atoms with Gasteiger partial charge in [0.15, 0.2) is 0 Å². The summed E-state index contributed by atoms with van der Waals surface area (Å²) in [6, 6.07) is 5.53. The van der Waals surface area contributed by atoms with Gasteiger partial charge in [-0.3, -0.25) is 5.10 Å². The topological polar surface area (TPSA) is 55.0 Å². The van der Waals surface area contributed by atoms with Gasteiger partial charge in [0, 0.05) is 33.8 Å². The average molecular weight is 289 g/mol. The number of hydrogen-bond acceptors (Lipinski definition) is 3. The quantitative estimate of drug-likeness (QED) is 0.679. The second kappa shape index (κ2) is 4.80. The van der Waals surface area contributed by atoms with Gasteiger partial charge >= 0.3 is 5.97 Å². The maximum atomic E-state index is 11.7. The van der Waals surface area contributed by atoms with Crippen molar-refractivity contribution in [3.05, 3.63) is 53.3 Å². The molecule has 2 aromatic rings. The molecule has 0 spiro atoms. The Kier molecular flexibility index (Phi) is 3.10. The number of cyclic esters (lactones) is 1. The maximum Gasteiger partial charge on any atom is 0.334 e. The molecule has 102 valence electrons. The van der Waals surface area contributed by atoms with E-state index >= 15 is 0 Å². The number of carbonyl (C=O) groups is 1. The van der Waals surface area contributed by atoms with E-state index in [1.807, 2.05) is 19.1 Å². The first-order valence-electron chi connectivity index (χ1n) is 6.26. The lowest BCUT2D eigenvalue weighted by Gasteiger charge is -2.18. The van der Waals surface area contributed by atoms with E-state index in [1.165, 1.54) is 0 Å². The van der Waals surface area contributed by atoms with Gasteiger partial charge < -0.3 is 4.74 Å². The summed E-state index contributed by atoms with van der Waals surface area (Å²) in [4.78, 5) is 11.7. The molecule has 3 rings (SSSR count). The SMILES string of the molecule is C=C1C(=O)O[C@@H](c2ccc(Cl)cc2-c2cn[nH]c2)[C@@H]1C. The van der Waals surface area contributed by atoms with Crippen molar-refractivity contribution >= 4 is 17.6 Å². The Morgan fingerprint density at radius 1 is 1.45 bits per heavy atom. The van der Waals surface area contributed by atoms with Crippen molar-refractivity contribution in [3.8, 4) is 11.1 Å². The molecule has 1 N–H and O–H groups in total. The minimum absolute atomic E-state index is 0.0608. The number of aromatic amines is 1. The fourth-order valence-corrected chi connectivity index (χ4v) is 2.59. The Hall–Kier alpha value is -2.07. The average Bonchev–Trinajstić information content (AvgIpc) is 3.04. The number of hydrogen-bond donors (Lipinski definition) is 1. The molecule has 2 atom stereocenters. The van der Waals surface area contributed by atoms with Crippen LogP contribution in [0.5, 0.6) is 0 Å². The number of nitrogens with one attached hydrogen (secondary N) is 1. The van der Waals surface area contributed by atoms with Crippen molar-refractivity contribution in [1.82, 2.24) is 10.2 Å². The van der Waals surface area contributed by atoms with E-state index in [4.69, 9.17) is 16.3 Å². The third-order valence-corrected chi connectivity index (χ3v) is 3.87. The third kappa shape index (κ3) is 2.02. The lowest BCUT2D eigenvalue weighted by atomic mass is 9.90. The van der Waals surface area contributed by atoms with E-state index < -0.39 is 0 Å². The van der Waals surface area contributed by atoms with Gasteiger partial charge in [0.05, 0.1) is 6.20 Å². The fourth-order valence-electron chi connectivity index (χ4n) is 2.42. The van der Waals surface area contributed by atoms with Crippen LogP contribution in [0, 0.1) is 5.92 Å². The zero-order valence-corrected chi connectivity index (χ0v) is 11.6. The molecule has 2 heterocycles. The molecule has 1 aliphatic heterocycles. The number of rotatable bonds is 2. The lowest BCUT2D eigenvalue weighted by molar-refractivity contribution is -0.139. The van der Waals surface area contributed by atoms with Crippen molar-refractivity contribution in [3.63, 3.8) is 0 Å². The van der Waals surface area contributed by atoms with E-state index in [1.54, 1.807) is 18.5 Å². The highest BCUT2D eigenvalue weighted by Crippen LogP contribution is 2.42. The highest BCUT2D eigenvalue weighted by Gasteiger charge is 2.37. The molecule has 1 aromatic carbocycles. The van der Waals surface area contributed by atoms with Gasteiger partial charge in [-0.2, -0.15) is 5.10 Å². The van der Waals surface area contributed by atoms with Crippen LogP contribution in [0.2, 0.25) is 5.02 Å². The normalized spacial score (nSPS) is 22.1. The number of ether oxygens (including phenoxy) is 1. The highest BCUT2D eigenvalue weighted by molar-refractivity contribution is 6.30. The van der Waals surface area contributed by atoms with Gasteiger partial charge in [-0.1, -0.05) is 31.2 Å². The van der Waals surface area contributed by atoms with Crippen molar-refractivity contribution in [2.75, 3.05) is 0 Å². The maximum absolute atomic E-state index is 11.7. The Balaban J connectivity index is 2.11. The summed E-state index contributed by atoms with van der Waals surface area (Å²) in [6.45, 7) is 5.72. The molecule has 1 fully saturated rings. The Morgan fingerprint density at radius 2 is 2.25 bits per heavy atom. The molecular formula is C15H13ClN2O2. The number of nitrogens with zero attached hydrogens (tertiary/aromatic N) is 1. The molecule has 20 heavy (non-hydrogen) atoms. The molecular weight excluding hydrogens is 276 g/mol. The number of H-pyrrole nitrogens is 1. The standard InChI is InChI=1S/C15H13ClN2O2/c1-8-9(2)15(19)20-14(8)12-4-3-11(16)5-13(12)10-6-17-18-7-10/h3-8,14H,2H2,1H3,(H,17,18)/t8-,14-/m1/s1. The molecule has 0 saturated carbocycles. The number of carbonyl (C=O) groups excluding carboxylic acids is 1. The van der Waals surface area contributed by atoms with Crippen molar-refractivity contribution in [1.29, 1.82) is 0 Å².